The number of ether oxygens (including phenoxy) is 2. The lowest BCUT2D eigenvalue weighted by molar-refractivity contribution is -0.123. The van der Waals surface area contributed by atoms with Crippen LogP contribution < -0.4 is 10.5 Å². The van der Waals surface area contributed by atoms with Gasteiger partial charge in [0.2, 0.25) is 5.91 Å². The minimum Gasteiger partial charge on any atom is -0.496 e. The van der Waals surface area contributed by atoms with Crippen molar-refractivity contribution < 1.29 is 14.3 Å². The van der Waals surface area contributed by atoms with Crippen LogP contribution in [0, 0.1) is 0 Å². The third-order valence-electron chi connectivity index (χ3n) is 3.16. The van der Waals surface area contributed by atoms with Crippen LogP contribution in [0.4, 0.5) is 0 Å². The molecule has 0 aliphatic carbocycles. The zero-order chi connectivity index (χ0) is 15.1. The summed E-state index contributed by atoms with van der Waals surface area (Å²) in [4.78, 5) is 13.4. The van der Waals surface area contributed by atoms with Gasteiger partial charge in [-0.05, 0) is 25.1 Å². The third-order valence-corrected chi connectivity index (χ3v) is 3.65. The molecule has 20 heavy (non-hydrogen) atoms. The van der Waals surface area contributed by atoms with Crippen molar-refractivity contribution in [1.82, 2.24) is 4.90 Å². The summed E-state index contributed by atoms with van der Waals surface area (Å²) in [7, 11) is 3.26. The Morgan fingerprint density at radius 3 is 2.70 bits per heavy atom. The molecule has 1 aromatic rings. The lowest BCUT2D eigenvalue weighted by Gasteiger charge is -2.27. The number of benzene rings is 1. The van der Waals surface area contributed by atoms with Crippen LogP contribution in [0.3, 0.4) is 0 Å². The van der Waals surface area contributed by atoms with Crippen LogP contribution in [0.5, 0.6) is 5.75 Å². The van der Waals surface area contributed by atoms with E-state index in [9.17, 15) is 4.79 Å². The summed E-state index contributed by atoms with van der Waals surface area (Å²) in [5.41, 5.74) is 6.39. The fraction of sp³-hybridized carbons (Fsp3) is 0.500. The van der Waals surface area contributed by atoms with Gasteiger partial charge >= 0.3 is 0 Å². The highest BCUT2D eigenvalue weighted by Crippen LogP contribution is 2.24. The van der Waals surface area contributed by atoms with Crippen LogP contribution in [0.2, 0.25) is 0 Å². The number of amides is 1. The van der Waals surface area contributed by atoms with Crippen molar-refractivity contribution in [3.8, 4) is 5.75 Å². The molecule has 5 nitrogen and oxygen atoms in total. The molecule has 1 amide bonds. The Labute approximate surface area is 128 Å². The van der Waals surface area contributed by atoms with E-state index in [0.717, 1.165) is 15.8 Å². The summed E-state index contributed by atoms with van der Waals surface area (Å²) in [5.74, 6) is 0.433. The quantitative estimate of drug-likeness (QED) is 0.780. The molecule has 0 heterocycles. The average molecular weight is 345 g/mol. The normalized spacial score (nSPS) is 12.4. The van der Waals surface area contributed by atoms with Gasteiger partial charge in [-0.2, -0.15) is 0 Å². The van der Waals surface area contributed by atoms with Crippen molar-refractivity contribution in [2.45, 2.75) is 19.5 Å². The Balaban J connectivity index is 2.93. The van der Waals surface area contributed by atoms with E-state index in [1.54, 1.807) is 21.1 Å². The maximum atomic E-state index is 11.4. The Morgan fingerprint density at radius 2 is 2.15 bits per heavy atom. The van der Waals surface area contributed by atoms with Crippen molar-refractivity contribution in [2.24, 2.45) is 5.73 Å². The van der Waals surface area contributed by atoms with Crippen molar-refractivity contribution in [1.29, 1.82) is 0 Å². The smallest absolute Gasteiger partial charge is 0.234 e. The average Bonchev–Trinajstić information content (AvgIpc) is 2.42. The summed E-state index contributed by atoms with van der Waals surface area (Å²) in [5, 5.41) is 0. The molecule has 0 fully saturated rings. The van der Waals surface area contributed by atoms with Gasteiger partial charge in [-0.1, -0.05) is 15.9 Å². The van der Waals surface area contributed by atoms with Gasteiger partial charge in [0.1, 0.15) is 5.75 Å². The maximum absolute atomic E-state index is 11.4. The van der Waals surface area contributed by atoms with Crippen LogP contribution in [0.15, 0.2) is 22.7 Å². The summed E-state index contributed by atoms with van der Waals surface area (Å²) in [6.07, 6.45) is 0. The van der Waals surface area contributed by atoms with Gasteiger partial charge < -0.3 is 15.2 Å². The number of hydrogen-bond acceptors (Lipinski definition) is 4. The molecule has 1 aromatic carbocycles. The van der Waals surface area contributed by atoms with E-state index in [2.05, 4.69) is 15.9 Å². The summed E-state index contributed by atoms with van der Waals surface area (Å²) in [6.45, 7) is 3.52. The van der Waals surface area contributed by atoms with Gasteiger partial charge in [0, 0.05) is 30.2 Å². The minimum absolute atomic E-state index is 0.352. The van der Waals surface area contributed by atoms with Crippen molar-refractivity contribution in [2.75, 3.05) is 27.4 Å². The number of nitrogens with two attached hydrogens (primary N) is 1. The van der Waals surface area contributed by atoms with Gasteiger partial charge in [-0.3, -0.25) is 9.69 Å². The highest BCUT2D eigenvalue weighted by atomic mass is 79.9. The third kappa shape index (κ3) is 4.77. The topological polar surface area (TPSA) is 64.8 Å². The van der Waals surface area contributed by atoms with E-state index in [0.29, 0.717) is 19.7 Å². The van der Waals surface area contributed by atoms with E-state index in [1.807, 2.05) is 23.1 Å². The lowest BCUT2D eigenvalue weighted by Crippen LogP contribution is -2.43. The minimum atomic E-state index is -0.367. The summed E-state index contributed by atoms with van der Waals surface area (Å²) >= 11 is 3.44. The van der Waals surface area contributed by atoms with Crippen molar-refractivity contribution >= 4 is 21.8 Å². The highest BCUT2D eigenvalue weighted by Gasteiger charge is 2.20. The van der Waals surface area contributed by atoms with E-state index < -0.39 is 0 Å². The fourth-order valence-corrected chi connectivity index (χ4v) is 2.30. The second kappa shape index (κ2) is 8.24. The number of methoxy groups -OCH3 is 2. The Kier molecular flexibility index (Phi) is 6.98. The van der Waals surface area contributed by atoms with Crippen LogP contribution in [0.1, 0.15) is 12.5 Å². The Hall–Kier alpha value is -1.11. The van der Waals surface area contributed by atoms with E-state index in [4.69, 9.17) is 15.2 Å². The molecule has 0 aliphatic rings. The molecule has 0 saturated carbocycles. The first kappa shape index (κ1) is 16.9. The molecule has 1 atom stereocenters. The number of nitrogens with zero attached hydrogens (tertiary/aromatic N) is 1. The van der Waals surface area contributed by atoms with Gasteiger partial charge in [-0.15, -0.1) is 0 Å². The second-order valence-electron chi connectivity index (χ2n) is 4.50. The fourth-order valence-electron chi connectivity index (χ4n) is 1.89. The predicted molar refractivity (Wildman–Crippen MR) is 81.6 cm³/mol. The van der Waals surface area contributed by atoms with E-state index in [1.165, 1.54) is 0 Å². The lowest BCUT2D eigenvalue weighted by atomic mass is 10.1. The molecule has 0 radical (unpaired) electrons. The largest absolute Gasteiger partial charge is 0.496 e. The Morgan fingerprint density at radius 1 is 1.45 bits per heavy atom. The molecule has 0 bridgehead atoms. The second-order valence-corrected chi connectivity index (χ2v) is 5.41. The van der Waals surface area contributed by atoms with Gasteiger partial charge in [0.15, 0.2) is 0 Å². The molecule has 1 unspecified atom stereocenters. The predicted octanol–water partition coefficient (Wildman–Crippen LogP) is 1.78. The number of hydrogen-bond donors (Lipinski definition) is 1. The zero-order valence-corrected chi connectivity index (χ0v) is 13.6. The summed E-state index contributed by atoms with van der Waals surface area (Å²) in [6, 6.07) is 5.42. The number of rotatable bonds is 8. The number of halogens is 1. The first-order chi connectivity index (χ1) is 9.49. The molecular formula is C14H21BrN2O3. The molecule has 1 rings (SSSR count). The molecule has 0 aliphatic heterocycles. The summed E-state index contributed by atoms with van der Waals surface area (Å²) < 4.78 is 11.4. The zero-order valence-electron chi connectivity index (χ0n) is 12.1. The molecule has 0 spiro atoms. The van der Waals surface area contributed by atoms with Gasteiger partial charge in [0.25, 0.3) is 0 Å². The molecular weight excluding hydrogens is 324 g/mol. The molecule has 0 saturated heterocycles. The van der Waals surface area contributed by atoms with Crippen LogP contribution in [-0.4, -0.2) is 44.2 Å². The van der Waals surface area contributed by atoms with Crippen LogP contribution >= 0.6 is 15.9 Å². The number of primary amides is 1. The SMILES string of the molecule is COCCN(Cc1cc(Br)ccc1OC)C(C)C(N)=O. The molecule has 0 aromatic heterocycles. The monoisotopic (exact) mass is 344 g/mol. The Bertz CT molecular complexity index is 454. The molecule has 2 N–H and O–H groups in total. The first-order valence-corrected chi connectivity index (χ1v) is 7.13. The van der Waals surface area contributed by atoms with Crippen LogP contribution in [0.25, 0.3) is 0 Å². The maximum Gasteiger partial charge on any atom is 0.234 e. The number of carbonyl (C=O) groups is 1. The van der Waals surface area contributed by atoms with Crippen molar-refractivity contribution in [3.63, 3.8) is 0 Å². The van der Waals surface area contributed by atoms with E-state index in [-0.39, 0.29) is 11.9 Å². The molecule has 6 heteroatoms. The van der Waals surface area contributed by atoms with E-state index >= 15 is 0 Å². The standard InChI is InChI=1S/C14H21BrN2O3/c1-10(14(16)18)17(6-7-19-2)9-11-8-12(15)4-5-13(11)20-3/h4-5,8,10H,6-7,9H2,1-3H3,(H2,16,18). The van der Waals surface area contributed by atoms with Crippen LogP contribution in [-0.2, 0) is 16.1 Å². The number of carbonyl (C=O) groups excluding carboxylic acids is 1. The molecule has 112 valence electrons. The van der Waals surface area contributed by atoms with Gasteiger partial charge in [-0.25, -0.2) is 0 Å². The highest BCUT2D eigenvalue weighted by molar-refractivity contribution is 9.10. The van der Waals surface area contributed by atoms with Gasteiger partial charge in [0.05, 0.1) is 19.8 Å². The van der Waals surface area contributed by atoms with Crippen molar-refractivity contribution in [3.05, 3.63) is 28.2 Å². The first-order valence-electron chi connectivity index (χ1n) is 6.34.